The van der Waals surface area contributed by atoms with Crippen LogP contribution in [-0.4, -0.2) is 12.5 Å². The van der Waals surface area contributed by atoms with Crippen molar-refractivity contribution >= 4 is 23.2 Å². The SMILES string of the molecule is CCC(C)c1ccc(OCC(=O)Nc2ccccc2Cl)cc1. The molecule has 0 aromatic heterocycles. The summed E-state index contributed by atoms with van der Waals surface area (Å²) in [6.07, 6.45) is 1.10. The molecule has 0 fully saturated rings. The number of carbonyl (C=O) groups is 1. The summed E-state index contributed by atoms with van der Waals surface area (Å²) in [4.78, 5) is 11.9. The molecule has 0 radical (unpaired) electrons. The summed E-state index contributed by atoms with van der Waals surface area (Å²) in [5.41, 5.74) is 1.86. The number of hydrogen-bond acceptors (Lipinski definition) is 2. The van der Waals surface area contributed by atoms with Gasteiger partial charge in [0.1, 0.15) is 5.75 Å². The molecule has 3 nitrogen and oxygen atoms in total. The Labute approximate surface area is 136 Å². The lowest BCUT2D eigenvalue weighted by molar-refractivity contribution is -0.118. The van der Waals surface area contributed by atoms with Crippen LogP contribution in [0.4, 0.5) is 5.69 Å². The van der Waals surface area contributed by atoms with Crippen molar-refractivity contribution in [3.05, 3.63) is 59.1 Å². The highest BCUT2D eigenvalue weighted by Gasteiger charge is 2.07. The van der Waals surface area contributed by atoms with Crippen molar-refractivity contribution in [2.75, 3.05) is 11.9 Å². The average molecular weight is 318 g/mol. The van der Waals surface area contributed by atoms with E-state index in [1.54, 1.807) is 12.1 Å². The molecule has 22 heavy (non-hydrogen) atoms. The molecule has 2 aromatic carbocycles. The largest absolute Gasteiger partial charge is 0.484 e. The fourth-order valence-corrected chi connectivity index (χ4v) is 2.21. The lowest BCUT2D eigenvalue weighted by atomic mass is 9.99. The minimum Gasteiger partial charge on any atom is -0.484 e. The third-order valence-electron chi connectivity index (χ3n) is 3.58. The number of para-hydroxylation sites is 1. The van der Waals surface area contributed by atoms with E-state index in [9.17, 15) is 4.79 Å². The second-order valence-electron chi connectivity index (χ2n) is 5.20. The molecule has 1 N–H and O–H groups in total. The van der Waals surface area contributed by atoms with Crippen LogP contribution in [0.15, 0.2) is 48.5 Å². The summed E-state index contributed by atoms with van der Waals surface area (Å²) in [7, 11) is 0. The third-order valence-corrected chi connectivity index (χ3v) is 3.91. The van der Waals surface area contributed by atoms with Gasteiger partial charge in [-0.3, -0.25) is 4.79 Å². The molecule has 116 valence electrons. The van der Waals surface area contributed by atoms with Crippen LogP contribution in [0.1, 0.15) is 31.7 Å². The van der Waals surface area contributed by atoms with Crippen molar-refractivity contribution in [1.29, 1.82) is 0 Å². The van der Waals surface area contributed by atoms with Crippen LogP contribution in [0.3, 0.4) is 0 Å². The van der Waals surface area contributed by atoms with Crippen LogP contribution in [0.25, 0.3) is 0 Å². The number of hydrogen-bond donors (Lipinski definition) is 1. The van der Waals surface area contributed by atoms with Crippen molar-refractivity contribution < 1.29 is 9.53 Å². The van der Waals surface area contributed by atoms with E-state index in [0.717, 1.165) is 6.42 Å². The highest BCUT2D eigenvalue weighted by atomic mass is 35.5. The second kappa shape index (κ2) is 7.85. The van der Waals surface area contributed by atoms with Gasteiger partial charge in [-0.05, 0) is 42.2 Å². The number of amides is 1. The Morgan fingerprint density at radius 1 is 1.18 bits per heavy atom. The van der Waals surface area contributed by atoms with Gasteiger partial charge in [-0.25, -0.2) is 0 Å². The van der Waals surface area contributed by atoms with Gasteiger partial charge >= 0.3 is 0 Å². The van der Waals surface area contributed by atoms with Gasteiger partial charge in [0.15, 0.2) is 6.61 Å². The molecule has 0 saturated carbocycles. The lowest BCUT2D eigenvalue weighted by Crippen LogP contribution is -2.20. The molecule has 0 heterocycles. The zero-order valence-electron chi connectivity index (χ0n) is 12.8. The van der Waals surface area contributed by atoms with Crippen LogP contribution in [0.2, 0.25) is 5.02 Å². The van der Waals surface area contributed by atoms with Crippen molar-refractivity contribution in [3.8, 4) is 5.75 Å². The predicted octanol–water partition coefficient (Wildman–Crippen LogP) is 4.87. The highest BCUT2D eigenvalue weighted by Crippen LogP contribution is 2.22. The first-order valence-corrected chi connectivity index (χ1v) is 7.75. The van der Waals surface area contributed by atoms with Crippen molar-refractivity contribution in [2.24, 2.45) is 0 Å². The van der Waals surface area contributed by atoms with E-state index in [1.807, 2.05) is 36.4 Å². The topological polar surface area (TPSA) is 38.3 Å². The Bertz CT molecular complexity index is 625. The van der Waals surface area contributed by atoms with Crippen molar-refractivity contribution in [2.45, 2.75) is 26.2 Å². The molecule has 0 saturated heterocycles. The minimum atomic E-state index is -0.237. The Morgan fingerprint density at radius 3 is 2.50 bits per heavy atom. The van der Waals surface area contributed by atoms with Crippen LogP contribution in [0.5, 0.6) is 5.75 Å². The maximum Gasteiger partial charge on any atom is 0.262 e. The molecule has 1 unspecified atom stereocenters. The first-order valence-electron chi connectivity index (χ1n) is 7.37. The third kappa shape index (κ3) is 4.50. The quantitative estimate of drug-likeness (QED) is 0.825. The van der Waals surface area contributed by atoms with Gasteiger partial charge < -0.3 is 10.1 Å². The van der Waals surface area contributed by atoms with Crippen LogP contribution >= 0.6 is 11.6 Å². The van der Waals surface area contributed by atoms with Gasteiger partial charge in [0.25, 0.3) is 5.91 Å². The normalized spacial score (nSPS) is 11.8. The van der Waals surface area contributed by atoms with Gasteiger partial charge in [0, 0.05) is 0 Å². The summed E-state index contributed by atoms with van der Waals surface area (Å²) in [5.74, 6) is 0.970. The summed E-state index contributed by atoms with van der Waals surface area (Å²) in [6.45, 7) is 4.30. The molecule has 1 atom stereocenters. The summed E-state index contributed by atoms with van der Waals surface area (Å²) >= 11 is 5.99. The number of rotatable bonds is 6. The summed E-state index contributed by atoms with van der Waals surface area (Å²) in [5, 5.41) is 3.23. The Hall–Kier alpha value is -2.00. The predicted molar refractivity (Wildman–Crippen MR) is 90.7 cm³/mol. The van der Waals surface area contributed by atoms with E-state index >= 15 is 0 Å². The highest BCUT2D eigenvalue weighted by molar-refractivity contribution is 6.33. The summed E-state index contributed by atoms with van der Waals surface area (Å²) < 4.78 is 5.49. The number of carbonyl (C=O) groups excluding carboxylic acids is 1. The molecule has 0 aliphatic carbocycles. The van der Waals surface area contributed by atoms with E-state index in [2.05, 4.69) is 19.2 Å². The number of nitrogens with one attached hydrogen (secondary N) is 1. The van der Waals surface area contributed by atoms with Gasteiger partial charge in [-0.2, -0.15) is 0 Å². The Kier molecular flexibility index (Phi) is 5.84. The molecule has 2 aromatic rings. The molecule has 1 amide bonds. The van der Waals surface area contributed by atoms with Gasteiger partial charge in [0.05, 0.1) is 10.7 Å². The van der Waals surface area contributed by atoms with E-state index in [-0.39, 0.29) is 12.5 Å². The van der Waals surface area contributed by atoms with E-state index in [0.29, 0.717) is 22.4 Å². The van der Waals surface area contributed by atoms with Gasteiger partial charge in [-0.15, -0.1) is 0 Å². The number of halogens is 1. The van der Waals surface area contributed by atoms with E-state index in [1.165, 1.54) is 5.56 Å². The average Bonchev–Trinajstić information content (AvgIpc) is 2.55. The molecular formula is C18H20ClNO2. The van der Waals surface area contributed by atoms with Crippen molar-refractivity contribution in [1.82, 2.24) is 0 Å². The molecule has 2 rings (SSSR count). The van der Waals surface area contributed by atoms with Gasteiger partial charge in [0.2, 0.25) is 0 Å². The maximum absolute atomic E-state index is 11.9. The van der Waals surface area contributed by atoms with Gasteiger partial charge in [-0.1, -0.05) is 49.7 Å². The zero-order valence-corrected chi connectivity index (χ0v) is 13.6. The standard InChI is InChI=1S/C18H20ClNO2/c1-3-13(2)14-8-10-15(11-9-14)22-12-18(21)20-17-7-5-4-6-16(17)19/h4-11,13H,3,12H2,1-2H3,(H,20,21). The molecule has 0 spiro atoms. The fourth-order valence-electron chi connectivity index (χ4n) is 2.03. The Morgan fingerprint density at radius 2 is 1.86 bits per heavy atom. The maximum atomic E-state index is 11.9. The van der Waals surface area contributed by atoms with Crippen LogP contribution in [-0.2, 0) is 4.79 Å². The van der Waals surface area contributed by atoms with Crippen LogP contribution < -0.4 is 10.1 Å². The fraction of sp³-hybridized carbons (Fsp3) is 0.278. The summed E-state index contributed by atoms with van der Waals surface area (Å²) in [6, 6.07) is 15.0. The van der Waals surface area contributed by atoms with E-state index in [4.69, 9.17) is 16.3 Å². The van der Waals surface area contributed by atoms with Crippen LogP contribution in [0, 0.1) is 0 Å². The molecular weight excluding hydrogens is 298 g/mol. The monoisotopic (exact) mass is 317 g/mol. The second-order valence-corrected chi connectivity index (χ2v) is 5.60. The molecule has 4 heteroatoms. The minimum absolute atomic E-state index is 0.0477. The number of ether oxygens (including phenoxy) is 1. The van der Waals surface area contributed by atoms with Crippen molar-refractivity contribution in [3.63, 3.8) is 0 Å². The lowest BCUT2D eigenvalue weighted by Gasteiger charge is -2.11. The number of anilines is 1. The zero-order chi connectivity index (χ0) is 15.9. The Balaban J connectivity index is 1.87. The molecule has 0 bridgehead atoms. The number of benzene rings is 2. The van der Waals surface area contributed by atoms with E-state index < -0.39 is 0 Å². The first-order chi connectivity index (χ1) is 10.6. The molecule has 0 aliphatic rings. The smallest absolute Gasteiger partial charge is 0.262 e. The molecule has 0 aliphatic heterocycles. The first kappa shape index (κ1) is 16.4.